The molecule has 0 aliphatic heterocycles. The normalized spacial score (nSPS) is 10.1. The van der Waals surface area contributed by atoms with E-state index in [1.165, 1.54) is 0 Å². The van der Waals surface area contributed by atoms with Crippen LogP contribution in [0.5, 0.6) is 0 Å². The fourth-order valence-electron chi connectivity index (χ4n) is 1.55. The monoisotopic (exact) mass is 368 g/mol. The lowest BCUT2D eigenvalue weighted by Crippen LogP contribution is -2.13. The first-order chi connectivity index (χ1) is 8.74. The van der Waals surface area contributed by atoms with Gasteiger partial charge in [-0.1, -0.05) is 31.9 Å². The number of hydrogen-bond donors (Lipinski definition) is 2. The molecule has 0 spiro atoms. The van der Waals surface area contributed by atoms with Gasteiger partial charge in [-0.05, 0) is 48.5 Å². The summed E-state index contributed by atoms with van der Waals surface area (Å²) < 4.78 is 2.20. The summed E-state index contributed by atoms with van der Waals surface area (Å²) in [5.74, 6) is 0. The standard InChI is InChI=1S/C14H14Br2N2/c15-11-1-5-13(6-2-11)17-9-10-18-14-7-3-12(16)4-8-14/h1-8,17-18H,9-10H2. The average molecular weight is 370 g/mol. The fourth-order valence-corrected chi connectivity index (χ4v) is 2.08. The summed E-state index contributed by atoms with van der Waals surface area (Å²) in [4.78, 5) is 0. The van der Waals surface area contributed by atoms with Crippen molar-refractivity contribution in [2.75, 3.05) is 23.7 Å². The van der Waals surface area contributed by atoms with Crippen LogP contribution in [0.4, 0.5) is 11.4 Å². The van der Waals surface area contributed by atoms with E-state index in [0.717, 1.165) is 33.4 Å². The molecule has 2 aromatic rings. The molecule has 0 amide bonds. The van der Waals surface area contributed by atoms with E-state index in [1.807, 2.05) is 24.3 Å². The smallest absolute Gasteiger partial charge is 0.0341 e. The van der Waals surface area contributed by atoms with Crippen molar-refractivity contribution in [1.29, 1.82) is 0 Å². The van der Waals surface area contributed by atoms with Crippen molar-refractivity contribution in [1.82, 2.24) is 0 Å². The van der Waals surface area contributed by atoms with E-state index in [4.69, 9.17) is 0 Å². The maximum Gasteiger partial charge on any atom is 0.0341 e. The number of hydrogen-bond acceptors (Lipinski definition) is 2. The van der Waals surface area contributed by atoms with Crippen LogP contribution >= 0.6 is 31.9 Å². The molecule has 0 atom stereocenters. The zero-order chi connectivity index (χ0) is 12.8. The van der Waals surface area contributed by atoms with Crippen LogP contribution in [0.3, 0.4) is 0 Å². The summed E-state index contributed by atoms with van der Waals surface area (Å²) >= 11 is 6.84. The van der Waals surface area contributed by atoms with E-state index in [9.17, 15) is 0 Å². The van der Waals surface area contributed by atoms with Crippen molar-refractivity contribution >= 4 is 43.2 Å². The first-order valence-electron chi connectivity index (χ1n) is 5.73. The molecule has 0 unspecified atom stereocenters. The second kappa shape index (κ2) is 6.81. The minimum Gasteiger partial charge on any atom is -0.383 e. The average Bonchev–Trinajstić information content (AvgIpc) is 2.39. The third-order valence-corrected chi connectivity index (χ3v) is 3.53. The molecule has 0 fully saturated rings. The van der Waals surface area contributed by atoms with Gasteiger partial charge in [-0.3, -0.25) is 0 Å². The van der Waals surface area contributed by atoms with Gasteiger partial charge >= 0.3 is 0 Å². The third-order valence-electron chi connectivity index (χ3n) is 2.47. The molecule has 0 aliphatic carbocycles. The van der Waals surface area contributed by atoms with Gasteiger partial charge in [0.15, 0.2) is 0 Å². The Bertz CT molecular complexity index is 433. The predicted octanol–water partition coefficient (Wildman–Crippen LogP) is 4.74. The van der Waals surface area contributed by atoms with Crippen LogP contribution < -0.4 is 10.6 Å². The zero-order valence-corrected chi connectivity index (χ0v) is 13.0. The van der Waals surface area contributed by atoms with Crippen LogP contribution in [0.15, 0.2) is 57.5 Å². The summed E-state index contributed by atoms with van der Waals surface area (Å²) in [6, 6.07) is 16.4. The molecule has 0 radical (unpaired) electrons. The summed E-state index contributed by atoms with van der Waals surface area (Å²) in [5, 5.41) is 6.72. The molecular weight excluding hydrogens is 356 g/mol. The van der Waals surface area contributed by atoms with Crippen LogP contribution in [-0.4, -0.2) is 13.1 Å². The van der Waals surface area contributed by atoms with Gasteiger partial charge in [0.2, 0.25) is 0 Å². The van der Waals surface area contributed by atoms with Gasteiger partial charge in [0, 0.05) is 33.4 Å². The molecule has 0 heterocycles. The van der Waals surface area contributed by atoms with Gasteiger partial charge in [0.1, 0.15) is 0 Å². The molecule has 0 bridgehead atoms. The maximum absolute atomic E-state index is 3.42. The summed E-state index contributed by atoms with van der Waals surface area (Å²) in [6.07, 6.45) is 0. The van der Waals surface area contributed by atoms with Gasteiger partial charge in [0.25, 0.3) is 0 Å². The van der Waals surface area contributed by atoms with Gasteiger partial charge in [-0.25, -0.2) is 0 Å². The molecule has 0 saturated carbocycles. The summed E-state index contributed by atoms with van der Waals surface area (Å²) in [5.41, 5.74) is 2.27. The lowest BCUT2D eigenvalue weighted by molar-refractivity contribution is 1.08. The van der Waals surface area contributed by atoms with Crippen molar-refractivity contribution in [2.45, 2.75) is 0 Å². The summed E-state index contributed by atoms with van der Waals surface area (Å²) in [7, 11) is 0. The van der Waals surface area contributed by atoms with Crippen LogP contribution in [0.2, 0.25) is 0 Å². The molecule has 2 rings (SSSR count). The largest absolute Gasteiger partial charge is 0.383 e. The fraction of sp³-hybridized carbons (Fsp3) is 0.143. The number of halogens is 2. The topological polar surface area (TPSA) is 24.1 Å². The molecule has 0 aliphatic rings. The van der Waals surface area contributed by atoms with E-state index in [0.29, 0.717) is 0 Å². The van der Waals surface area contributed by atoms with Crippen molar-refractivity contribution in [3.8, 4) is 0 Å². The van der Waals surface area contributed by atoms with Crippen LogP contribution in [0.1, 0.15) is 0 Å². The second-order valence-corrected chi connectivity index (χ2v) is 5.70. The van der Waals surface area contributed by atoms with E-state index >= 15 is 0 Å². The highest BCUT2D eigenvalue weighted by molar-refractivity contribution is 9.10. The van der Waals surface area contributed by atoms with Crippen molar-refractivity contribution in [2.24, 2.45) is 0 Å². The molecular formula is C14H14Br2N2. The van der Waals surface area contributed by atoms with Crippen molar-refractivity contribution in [3.63, 3.8) is 0 Å². The quantitative estimate of drug-likeness (QED) is 0.744. The molecule has 18 heavy (non-hydrogen) atoms. The van der Waals surface area contributed by atoms with Crippen LogP contribution in [0, 0.1) is 0 Å². The van der Waals surface area contributed by atoms with E-state index in [2.05, 4.69) is 66.8 Å². The van der Waals surface area contributed by atoms with Gasteiger partial charge in [-0.2, -0.15) is 0 Å². The molecule has 2 N–H and O–H groups in total. The van der Waals surface area contributed by atoms with Crippen molar-refractivity contribution in [3.05, 3.63) is 57.5 Å². The molecule has 94 valence electrons. The Morgan fingerprint density at radius 3 is 1.28 bits per heavy atom. The minimum atomic E-state index is 0.887. The zero-order valence-electron chi connectivity index (χ0n) is 9.79. The highest BCUT2D eigenvalue weighted by Crippen LogP contribution is 2.15. The Kier molecular flexibility index (Phi) is 5.08. The van der Waals surface area contributed by atoms with Crippen molar-refractivity contribution < 1.29 is 0 Å². The molecule has 0 aromatic heterocycles. The predicted molar refractivity (Wildman–Crippen MR) is 85.3 cm³/mol. The molecule has 4 heteroatoms. The Morgan fingerprint density at radius 1 is 0.611 bits per heavy atom. The SMILES string of the molecule is Brc1ccc(NCCNc2ccc(Br)cc2)cc1. The molecule has 2 aromatic carbocycles. The Balaban J connectivity index is 1.73. The van der Waals surface area contributed by atoms with E-state index < -0.39 is 0 Å². The first-order valence-corrected chi connectivity index (χ1v) is 7.31. The Labute approximate surface area is 124 Å². The highest BCUT2D eigenvalue weighted by Gasteiger charge is 1.93. The lowest BCUT2D eigenvalue weighted by atomic mass is 10.3. The van der Waals surface area contributed by atoms with Gasteiger partial charge < -0.3 is 10.6 Å². The molecule has 0 saturated heterocycles. The van der Waals surface area contributed by atoms with E-state index in [1.54, 1.807) is 0 Å². The first kappa shape index (κ1) is 13.4. The van der Waals surface area contributed by atoms with Gasteiger partial charge in [0.05, 0.1) is 0 Å². The minimum absolute atomic E-state index is 0.887. The second-order valence-electron chi connectivity index (χ2n) is 3.87. The number of rotatable bonds is 5. The molecule has 2 nitrogen and oxygen atoms in total. The Morgan fingerprint density at radius 2 is 0.944 bits per heavy atom. The van der Waals surface area contributed by atoms with Gasteiger partial charge in [-0.15, -0.1) is 0 Å². The van der Waals surface area contributed by atoms with Crippen LogP contribution in [0.25, 0.3) is 0 Å². The Hall–Kier alpha value is -1.00. The third kappa shape index (κ3) is 4.35. The number of benzene rings is 2. The number of nitrogens with one attached hydrogen (secondary N) is 2. The summed E-state index contributed by atoms with van der Waals surface area (Å²) in [6.45, 7) is 1.77. The number of anilines is 2. The van der Waals surface area contributed by atoms with E-state index in [-0.39, 0.29) is 0 Å². The lowest BCUT2D eigenvalue weighted by Gasteiger charge is -2.09. The maximum atomic E-state index is 3.42. The highest BCUT2D eigenvalue weighted by atomic mass is 79.9. The van der Waals surface area contributed by atoms with Crippen LogP contribution in [-0.2, 0) is 0 Å².